The van der Waals surface area contributed by atoms with Gasteiger partial charge in [-0.15, -0.1) is 11.8 Å². The zero-order valence-electron chi connectivity index (χ0n) is 9.82. The topological polar surface area (TPSA) is 37.8 Å². The number of hydrogen-bond acceptors (Lipinski definition) is 4. The second kappa shape index (κ2) is 5.95. The Morgan fingerprint density at radius 3 is 2.73 bits per heavy atom. The SMILES string of the molecule is CCNc1nccc(SC(C)C(C)C)n1. The molecule has 0 fully saturated rings. The standard InChI is InChI=1S/C11H19N3S/c1-5-12-11-13-7-6-10(14-11)15-9(4)8(2)3/h6-9H,5H2,1-4H3,(H,12,13,14). The molecule has 0 amide bonds. The molecule has 1 aromatic rings. The van der Waals surface area contributed by atoms with Crippen LogP contribution in [0.4, 0.5) is 5.95 Å². The van der Waals surface area contributed by atoms with Crippen molar-refractivity contribution in [2.24, 2.45) is 5.92 Å². The van der Waals surface area contributed by atoms with Gasteiger partial charge in [-0.25, -0.2) is 9.97 Å². The number of anilines is 1. The van der Waals surface area contributed by atoms with E-state index in [0.29, 0.717) is 11.2 Å². The van der Waals surface area contributed by atoms with E-state index in [1.165, 1.54) is 0 Å². The quantitative estimate of drug-likeness (QED) is 0.617. The summed E-state index contributed by atoms with van der Waals surface area (Å²) in [7, 11) is 0. The fourth-order valence-electron chi connectivity index (χ4n) is 0.978. The van der Waals surface area contributed by atoms with Crippen LogP contribution in [0.1, 0.15) is 27.7 Å². The van der Waals surface area contributed by atoms with Crippen molar-refractivity contribution in [3.63, 3.8) is 0 Å². The molecule has 1 heterocycles. The maximum Gasteiger partial charge on any atom is 0.223 e. The van der Waals surface area contributed by atoms with Crippen molar-refractivity contribution < 1.29 is 0 Å². The third kappa shape index (κ3) is 4.08. The zero-order valence-corrected chi connectivity index (χ0v) is 10.6. The molecule has 0 saturated carbocycles. The van der Waals surface area contributed by atoms with Crippen molar-refractivity contribution in [2.45, 2.75) is 38.0 Å². The van der Waals surface area contributed by atoms with Gasteiger partial charge in [0.25, 0.3) is 0 Å². The van der Waals surface area contributed by atoms with Crippen LogP contribution in [0.25, 0.3) is 0 Å². The van der Waals surface area contributed by atoms with E-state index in [1.807, 2.05) is 13.0 Å². The predicted molar refractivity (Wildman–Crippen MR) is 66.4 cm³/mol. The summed E-state index contributed by atoms with van der Waals surface area (Å²) in [6, 6.07) is 1.96. The first-order chi connectivity index (χ1) is 7.13. The van der Waals surface area contributed by atoms with Crippen molar-refractivity contribution in [1.82, 2.24) is 9.97 Å². The highest BCUT2D eigenvalue weighted by molar-refractivity contribution is 7.99. The van der Waals surface area contributed by atoms with Crippen LogP contribution in [-0.4, -0.2) is 21.8 Å². The van der Waals surface area contributed by atoms with E-state index in [9.17, 15) is 0 Å². The Morgan fingerprint density at radius 2 is 2.13 bits per heavy atom. The molecule has 3 nitrogen and oxygen atoms in total. The van der Waals surface area contributed by atoms with Gasteiger partial charge >= 0.3 is 0 Å². The predicted octanol–water partition coefficient (Wildman–Crippen LogP) is 3.05. The fourth-order valence-corrected chi connectivity index (χ4v) is 1.91. The maximum atomic E-state index is 4.43. The van der Waals surface area contributed by atoms with Crippen LogP contribution in [0.2, 0.25) is 0 Å². The Morgan fingerprint density at radius 1 is 1.40 bits per heavy atom. The minimum atomic E-state index is 0.578. The lowest BCUT2D eigenvalue weighted by atomic mass is 10.2. The number of hydrogen-bond donors (Lipinski definition) is 1. The highest BCUT2D eigenvalue weighted by atomic mass is 32.2. The van der Waals surface area contributed by atoms with E-state index in [4.69, 9.17) is 0 Å². The van der Waals surface area contributed by atoms with E-state index in [0.717, 1.165) is 17.5 Å². The van der Waals surface area contributed by atoms with Crippen molar-refractivity contribution in [3.8, 4) is 0 Å². The second-order valence-electron chi connectivity index (χ2n) is 3.82. The van der Waals surface area contributed by atoms with Gasteiger partial charge in [0.05, 0.1) is 0 Å². The van der Waals surface area contributed by atoms with Crippen LogP contribution in [-0.2, 0) is 0 Å². The molecule has 0 spiro atoms. The Labute approximate surface area is 96.1 Å². The van der Waals surface area contributed by atoms with Gasteiger partial charge in [-0.1, -0.05) is 20.8 Å². The van der Waals surface area contributed by atoms with Crippen LogP contribution in [0.5, 0.6) is 0 Å². The van der Waals surface area contributed by atoms with E-state index >= 15 is 0 Å². The normalized spacial score (nSPS) is 12.9. The molecule has 1 rings (SSSR count). The second-order valence-corrected chi connectivity index (χ2v) is 5.21. The first-order valence-electron chi connectivity index (χ1n) is 5.37. The Balaban J connectivity index is 2.64. The monoisotopic (exact) mass is 225 g/mol. The first-order valence-corrected chi connectivity index (χ1v) is 6.25. The summed E-state index contributed by atoms with van der Waals surface area (Å²) in [6.45, 7) is 9.58. The molecule has 0 aliphatic carbocycles. The molecular weight excluding hydrogens is 206 g/mol. The van der Waals surface area contributed by atoms with Gasteiger partial charge < -0.3 is 5.32 Å². The molecule has 1 aromatic heterocycles. The number of rotatable bonds is 5. The lowest BCUT2D eigenvalue weighted by Crippen LogP contribution is -2.07. The Kier molecular flexibility index (Phi) is 4.88. The molecule has 0 aromatic carbocycles. The van der Waals surface area contributed by atoms with Gasteiger partial charge in [-0.05, 0) is 18.9 Å². The summed E-state index contributed by atoms with van der Waals surface area (Å²) in [6.07, 6.45) is 1.81. The lowest BCUT2D eigenvalue weighted by Gasteiger charge is -2.14. The van der Waals surface area contributed by atoms with Crippen LogP contribution in [0.15, 0.2) is 17.3 Å². The lowest BCUT2D eigenvalue weighted by molar-refractivity contribution is 0.641. The maximum absolute atomic E-state index is 4.43. The van der Waals surface area contributed by atoms with Crippen LogP contribution >= 0.6 is 11.8 Å². The average molecular weight is 225 g/mol. The summed E-state index contributed by atoms with van der Waals surface area (Å²) >= 11 is 1.80. The third-order valence-corrected chi connectivity index (χ3v) is 3.60. The molecule has 84 valence electrons. The molecule has 0 aliphatic rings. The van der Waals surface area contributed by atoms with E-state index in [-0.39, 0.29) is 0 Å². The van der Waals surface area contributed by atoms with Crippen molar-refractivity contribution in [1.29, 1.82) is 0 Å². The van der Waals surface area contributed by atoms with Gasteiger partial charge in [0.15, 0.2) is 0 Å². The summed E-state index contributed by atoms with van der Waals surface area (Å²) < 4.78 is 0. The fraction of sp³-hybridized carbons (Fsp3) is 0.636. The molecule has 0 saturated heterocycles. The summed E-state index contributed by atoms with van der Waals surface area (Å²) in [5.74, 6) is 1.38. The number of thioether (sulfide) groups is 1. The van der Waals surface area contributed by atoms with E-state index in [2.05, 4.69) is 36.1 Å². The molecule has 0 aliphatic heterocycles. The number of nitrogens with one attached hydrogen (secondary N) is 1. The zero-order chi connectivity index (χ0) is 11.3. The van der Waals surface area contributed by atoms with Crippen LogP contribution in [0.3, 0.4) is 0 Å². The van der Waals surface area contributed by atoms with Gasteiger partial charge in [0, 0.05) is 18.0 Å². The van der Waals surface area contributed by atoms with Crippen molar-refractivity contribution >= 4 is 17.7 Å². The summed E-state index contributed by atoms with van der Waals surface area (Å²) in [4.78, 5) is 8.57. The van der Waals surface area contributed by atoms with Gasteiger partial charge in [-0.2, -0.15) is 0 Å². The van der Waals surface area contributed by atoms with Crippen LogP contribution < -0.4 is 5.32 Å². The summed E-state index contributed by atoms with van der Waals surface area (Å²) in [5, 5.41) is 4.74. The van der Waals surface area contributed by atoms with Crippen LogP contribution in [0, 0.1) is 5.92 Å². The van der Waals surface area contributed by atoms with Gasteiger partial charge in [0.1, 0.15) is 5.03 Å². The highest BCUT2D eigenvalue weighted by Gasteiger charge is 2.09. The minimum absolute atomic E-state index is 0.578. The molecule has 1 unspecified atom stereocenters. The van der Waals surface area contributed by atoms with E-state index in [1.54, 1.807) is 18.0 Å². The average Bonchev–Trinajstić information content (AvgIpc) is 2.18. The van der Waals surface area contributed by atoms with Gasteiger partial charge in [0.2, 0.25) is 5.95 Å². The van der Waals surface area contributed by atoms with Crippen molar-refractivity contribution in [3.05, 3.63) is 12.3 Å². The number of aromatic nitrogens is 2. The molecule has 0 radical (unpaired) electrons. The molecular formula is C11H19N3S. The molecule has 15 heavy (non-hydrogen) atoms. The first kappa shape index (κ1) is 12.3. The molecule has 1 atom stereocenters. The minimum Gasteiger partial charge on any atom is -0.354 e. The Hall–Kier alpha value is -0.770. The third-order valence-electron chi connectivity index (χ3n) is 2.21. The van der Waals surface area contributed by atoms with Gasteiger partial charge in [-0.3, -0.25) is 0 Å². The molecule has 1 N–H and O–H groups in total. The molecule has 4 heteroatoms. The Bertz CT molecular complexity index is 302. The largest absolute Gasteiger partial charge is 0.354 e. The highest BCUT2D eigenvalue weighted by Crippen LogP contribution is 2.26. The summed E-state index contributed by atoms with van der Waals surface area (Å²) in [5.41, 5.74) is 0. The number of nitrogens with zero attached hydrogens (tertiary/aromatic N) is 2. The van der Waals surface area contributed by atoms with E-state index < -0.39 is 0 Å². The molecule has 0 bridgehead atoms. The smallest absolute Gasteiger partial charge is 0.223 e. The van der Waals surface area contributed by atoms with Crippen molar-refractivity contribution in [2.75, 3.05) is 11.9 Å².